The Balaban J connectivity index is 1.58. The van der Waals surface area contributed by atoms with Gasteiger partial charge >= 0.3 is 0 Å². The Morgan fingerprint density at radius 2 is 1.65 bits per heavy atom. The van der Waals surface area contributed by atoms with E-state index in [0.717, 1.165) is 10.5 Å². The number of ether oxygens (including phenoxy) is 1. The number of amides is 1. The number of anilines is 1. The fraction of sp³-hybridized carbons (Fsp3) is 0.100. The van der Waals surface area contributed by atoms with E-state index in [4.69, 9.17) is 4.74 Å². The van der Waals surface area contributed by atoms with Gasteiger partial charge in [-0.15, -0.1) is 0 Å². The van der Waals surface area contributed by atoms with E-state index >= 15 is 0 Å². The molecule has 3 aromatic rings. The SMILES string of the molecule is C[C@@H](Sc1cccc[n+]1[O-])C(=O)Nc1ccc(Oc2ccccc2)cc1. The topological polar surface area (TPSA) is 65.3 Å². The van der Waals surface area contributed by atoms with Crippen LogP contribution in [-0.2, 0) is 4.79 Å². The Bertz CT molecular complexity index is 870. The van der Waals surface area contributed by atoms with Crippen molar-refractivity contribution >= 4 is 23.4 Å². The molecule has 0 saturated heterocycles. The molecule has 5 nitrogen and oxygen atoms in total. The van der Waals surface area contributed by atoms with Crippen LogP contribution in [0.1, 0.15) is 6.92 Å². The van der Waals surface area contributed by atoms with Crippen LogP contribution in [0.3, 0.4) is 0 Å². The quantitative estimate of drug-likeness (QED) is 0.403. The minimum absolute atomic E-state index is 0.171. The first kappa shape index (κ1) is 17.8. The largest absolute Gasteiger partial charge is 0.618 e. The van der Waals surface area contributed by atoms with Crippen LogP contribution in [0.5, 0.6) is 11.5 Å². The van der Waals surface area contributed by atoms with Crippen LogP contribution >= 0.6 is 11.8 Å². The molecular formula is C20H18N2O3S. The summed E-state index contributed by atoms with van der Waals surface area (Å²) in [5.41, 5.74) is 0.672. The van der Waals surface area contributed by atoms with Crippen LogP contribution in [0.4, 0.5) is 5.69 Å². The van der Waals surface area contributed by atoms with Gasteiger partial charge in [0, 0.05) is 17.8 Å². The minimum Gasteiger partial charge on any atom is -0.618 e. The second-order valence-corrected chi connectivity index (χ2v) is 6.91. The predicted molar refractivity (Wildman–Crippen MR) is 102 cm³/mol. The van der Waals surface area contributed by atoms with E-state index in [1.165, 1.54) is 18.0 Å². The fourth-order valence-corrected chi connectivity index (χ4v) is 3.06. The smallest absolute Gasteiger partial charge is 0.252 e. The second-order valence-electron chi connectivity index (χ2n) is 5.55. The summed E-state index contributed by atoms with van der Waals surface area (Å²) in [6.07, 6.45) is 1.42. The number of thioether (sulfide) groups is 1. The number of aromatic nitrogens is 1. The van der Waals surface area contributed by atoms with Gasteiger partial charge in [-0.05, 0) is 61.2 Å². The molecule has 0 spiro atoms. The average Bonchev–Trinajstić information content (AvgIpc) is 2.66. The first-order valence-electron chi connectivity index (χ1n) is 8.10. The van der Waals surface area contributed by atoms with Crippen LogP contribution < -0.4 is 14.8 Å². The summed E-state index contributed by atoms with van der Waals surface area (Å²) >= 11 is 1.22. The van der Waals surface area contributed by atoms with Crippen molar-refractivity contribution in [3.63, 3.8) is 0 Å². The standard InChI is InChI=1S/C20H18N2O3S/c1-15(26-19-9-5-6-14-22(19)24)20(23)21-16-10-12-18(13-11-16)25-17-7-3-2-4-8-17/h2-15H,1H3,(H,21,23)/t15-/m1/s1. The highest BCUT2D eigenvalue weighted by Gasteiger charge is 2.18. The third-order valence-corrected chi connectivity index (χ3v) is 4.68. The van der Waals surface area contributed by atoms with Crippen molar-refractivity contribution in [2.45, 2.75) is 17.2 Å². The third kappa shape index (κ3) is 4.77. The highest BCUT2D eigenvalue weighted by Crippen LogP contribution is 2.24. The van der Waals surface area contributed by atoms with Crippen molar-refractivity contribution in [2.24, 2.45) is 0 Å². The van der Waals surface area contributed by atoms with Crippen molar-refractivity contribution in [2.75, 3.05) is 5.32 Å². The van der Waals surface area contributed by atoms with Crippen LogP contribution in [-0.4, -0.2) is 11.2 Å². The summed E-state index contributed by atoms with van der Waals surface area (Å²) in [5.74, 6) is 1.27. The van der Waals surface area contributed by atoms with Gasteiger partial charge in [0.15, 0.2) is 6.20 Å². The molecule has 132 valence electrons. The van der Waals surface area contributed by atoms with Gasteiger partial charge in [0.2, 0.25) is 5.91 Å². The Morgan fingerprint density at radius 1 is 1.00 bits per heavy atom. The summed E-state index contributed by atoms with van der Waals surface area (Å²) in [4.78, 5) is 12.3. The van der Waals surface area contributed by atoms with E-state index < -0.39 is 5.25 Å². The molecule has 0 aliphatic carbocycles. The Morgan fingerprint density at radius 3 is 2.35 bits per heavy atom. The number of benzene rings is 2. The maximum atomic E-state index is 12.3. The first-order valence-corrected chi connectivity index (χ1v) is 8.98. The maximum absolute atomic E-state index is 12.3. The number of hydrogen-bond donors (Lipinski definition) is 1. The van der Waals surface area contributed by atoms with Crippen LogP contribution in [0, 0.1) is 5.21 Å². The lowest BCUT2D eigenvalue weighted by atomic mass is 10.3. The highest BCUT2D eigenvalue weighted by molar-refractivity contribution is 8.00. The van der Waals surface area contributed by atoms with Crippen molar-refractivity contribution in [1.29, 1.82) is 0 Å². The first-order chi connectivity index (χ1) is 12.6. The van der Waals surface area contributed by atoms with E-state index in [9.17, 15) is 10.0 Å². The van der Waals surface area contributed by atoms with Gasteiger partial charge < -0.3 is 15.3 Å². The number of pyridine rings is 1. The molecule has 6 heteroatoms. The van der Waals surface area contributed by atoms with Crippen molar-refractivity contribution < 1.29 is 14.3 Å². The predicted octanol–water partition coefficient (Wildman–Crippen LogP) is 4.23. The molecule has 26 heavy (non-hydrogen) atoms. The lowest BCUT2D eigenvalue weighted by Crippen LogP contribution is -2.30. The summed E-state index contributed by atoms with van der Waals surface area (Å²) in [6, 6.07) is 21.8. The fourth-order valence-electron chi connectivity index (χ4n) is 2.21. The summed E-state index contributed by atoms with van der Waals surface area (Å²) in [7, 11) is 0. The van der Waals surface area contributed by atoms with Crippen LogP contribution in [0.15, 0.2) is 84.0 Å². The van der Waals surface area contributed by atoms with Crippen LogP contribution in [0.2, 0.25) is 0 Å². The lowest BCUT2D eigenvalue weighted by Gasteiger charge is -2.12. The van der Waals surface area contributed by atoms with Gasteiger partial charge in [-0.3, -0.25) is 4.79 Å². The molecule has 0 saturated carbocycles. The lowest BCUT2D eigenvalue weighted by molar-refractivity contribution is -0.645. The molecule has 0 aliphatic heterocycles. The van der Waals surface area contributed by atoms with Crippen molar-refractivity contribution in [1.82, 2.24) is 0 Å². The van der Waals surface area contributed by atoms with E-state index in [1.54, 1.807) is 49.4 Å². The summed E-state index contributed by atoms with van der Waals surface area (Å²) in [6.45, 7) is 1.76. The molecule has 1 amide bonds. The summed E-state index contributed by atoms with van der Waals surface area (Å²) < 4.78 is 6.48. The van der Waals surface area contributed by atoms with Crippen LogP contribution in [0.25, 0.3) is 0 Å². The molecule has 1 N–H and O–H groups in total. The highest BCUT2D eigenvalue weighted by atomic mass is 32.2. The van der Waals surface area contributed by atoms with E-state index in [2.05, 4.69) is 5.32 Å². The zero-order chi connectivity index (χ0) is 18.4. The second kappa shape index (κ2) is 8.40. The van der Waals surface area contributed by atoms with Gasteiger partial charge in [-0.2, -0.15) is 4.73 Å². The summed E-state index contributed by atoms with van der Waals surface area (Å²) in [5, 5.41) is 14.6. The Labute approximate surface area is 156 Å². The Kier molecular flexibility index (Phi) is 5.76. The average molecular weight is 366 g/mol. The zero-order valence-corrected chi connectivity index (χ0v) is 15.0. The molecule has 0 fully saturated rings. The number of nitrogens with one attached hydrogen (secondary N) is 1. The number of hydrogen-bond acceptors (Lipinski definition) is 4. The number of carbonyl (C=O) groups excluding carboxylic acids is 1. The number of carbonyl (C=O) groups is 1. The van der Waals surface area contributed by atoms with Gasteiger partial charge in [0.05, 0.1) is 5.25 Å². The third-order valence-electron chi connectivity index (χ3n) is 3.56. The molecule has 2 aromatic carbocycles. The minimum atomic E-state index is -0.405. The van der Waals surface area contributed by atoms with E-state index in [-0.39, 0.29) is 5.91 Å². The van der Waals surface area contributed by atoms with Gasteiger partial charge in [-0.25, -0.2) is 0 Å². The molecule has 1 heterocycles. The molecule has 1 aromatic heterocycles. The number of nitrogens with zero attached hydrogens (tertiary/aromatic N) is 1. The molecule has 0 bridgehead atoms. The maximum Gasteiger partial charge on any atom is 0.252 e. The van der Waals surface area contributed by atoms with Gasteiger partial charge in [-0.1, -0.05) is 18.2 Å². The number of rotatable bonds is 6. The Hall–Kier alpha value is -2.99. The number of para-hydroxylation sites is 1. The van der Waals surface area contributed by atoms with Crippen molar-refractivity contribution in [3.05, 3.63) is 84.2 Å². The normalized spacial score (nSPS) is 11.6. The molecule has 1 atom stereocenters. The van der Waals surface area contributed by atoms with E-state index in [1.807, 2.05) is 30.3 Å². The van der Waals surface area contributed by atoms with Gasteiger partial charge in [0.1, 0.15) is 11.5 Å². The van der Waals surface area contributed by atoms with E-state index in [0.29, 0.717) is 16.5 Å². The monoisotopic (exact) mass is 366 g/mol. The zero-order valence-electron chi connectivity index (χ0n) is 14.2. The molecule has 0 aliphatic rings. The molecule has 3 rings (SSSR count). The molecule has 0 unspecified atom stereocenters. The molecular weight excluding hydrogens is 348 g/mol. The van der Waals surface area contributed by atoms with Gasteiger partial charge in [0.25, 0.3) is 5.03 Å². The molecule has 0 radical (unpaired) electrons. The van der Waals surface area contributed by atoms with Crippen molar-refractivity contribution in [3.8, 4) is 11.5 Å².